The highest BCUT2D eigenvalue weighted by Gasteiger charge is 2.12. The molecule has 6 heteroatoms. The number of nitrogens with one attached hydrogen (secondary N) is 1. The molecule has 4 nitrogen and oxygen atoms in total. The van der Waals surface area contributed by atoms with Gasteiger partial charge in [0.1, 0.15) is 5.75 Å². The van der Waals surface area contributed by atoms with E-state index in [0.29, 0.717) is 17.9 Å². The Kier molecular flexibility index (Phi) is 4.80. The highest BCUT2D eigenvalue weighted by atomic mass is 32.2. The molecule has 0 bridgehead atoms. The van der Waals surface area contributed by atoms with E-state index in [-0.39, 0.29) is 5.75 Å². The van der Waals surface area contributed by atoms with E-state index in [1.807, 2.05) is 18.4 Å². The molecule has 0 saturated carbocycles. The average Bonchev–Trinajstić information content (AvgIpc) is 2.82. The number of ether oxygens (including phenoxy) is 1. The molecule has 1 aromatic heterocycles. The molecule has 0 atom stereocenters. The van der Waals surface area contributed by atoms with Crippen molar-refractivity contribution in [1.29, 1.82) is 0 Å². The van der Waals surface area contributed by atoms with Gasteiger partial charge in [0.15, 0.2) is 0 Å². The Balaban J connectivity index is 2.02. The number of hydrogen-bond acceptors (Lipinski definition) is 4. The van der Waals surface area contributed by atoms with Crippen LogP contribution in [0.5, 0.6) is 5.75 Å². The topological polar surface area (TPSA) is 55.4 Å². The van der Waals surface area contributed by atoms with Crippen molar-refractivity contribution in [3.05, 3.63) is 51.7 Å². The number of aryl methyl sites for hydroxylation is 1. The monoisotopic (exact) mass is 311 g/mol. The normalized spacial score (nSPS) is 11.5. The van der Waals surface area contributed by atoms with Crippen LogP contribution in [0.15, 0.2) is 35.7 Å². The largest absolute Gasteiger partial charge is 0.497 e. The standard InChI is InChI=1S/C14H17NO3S2/c1-11-6-7-19-14(11)9-15-20(16,17)10-12-4-3-5-13(8-12)18-2/h3-8,15H,9-10H2,1-2H3. The zero-order valence-corrected chi connectivity index (χ0v) is 13.1. The summed E-state index contributed by atoms with van der Waals surface area (Å²) in [5.74, 6) is 0.612. The fraction of sp³-hybridized carbons (Fsp3) is 0.286. The third-order valence-corrected chi connectivity index (χ3v) is 5.23. The number of hydrogen-bond donors (Lipinski definition) is 1. The first kappa shape index (κ1) is 15.0. The summed E-state index contributed by atoms with van der Waals surface area (Å²) in [5.41, 5.74) is 1.82. The van der Waals surface area contributed by atoms with Crippen molar-refractivity contribution in [3.63, 3.8) is 0 Å². The Hall–Kier alpha value is -1.37. The number of methoxy groups -OCH3 is 1. The second-order valence-electron chi connectivity index (χ2n) is 4.46. The number of rotatable bonds is 6. The first-order chi connectivity index (χ1) is 9.50. The quantitative estimate of drug-likeness (QED) is 0.892. The van der Waals surface area contributed by atoms with Gasteiger partial charge in [0.2, 0.25) is 10.0 Å². The summed E-state index contributed by atoms with van der Waals surface area (Å²) < 4.78 is 31.8. The third-order valence-electron chi connectivity index (χ3n) is 2.91. The molecule has 2 aromatic rings. The lowest BCUT2D eigenvalue weighted by molar-refractivity contribution is 0.414. The maximum Gasteiger partial charge on any atom is 0.216 e. The van der Waals surface area contributed by atoms with E-state index in [9.17, 15) is 8.42 Å². The van der Waals surface area contributed by atoms with Crippen LogP contribution in [-0.4, -0.2) is 15.5 Å². The molecule has 1 heterocycles. The Morgan fingerprint density at radius 1 is 1.30 bits per heavy atom. The summed E-state index contributed by atoms with van der Waals surface area (Å²) in [7, 11) is -1.79. The SMILES string of the molecule is COc1cccc(CS(=O)(=O)NCc2sccc2C)c1. The molecule has 1 N–H and O–H groups in total. The second-order valence-corrected chi connectivity index (χ2v) is 7.27. The van der Waals surface area contributed by atoms with Crippen molar-refractivity contribution >= 4 is 21.4 Å². The minimum Gasteiger partial charge on any atom is -0.497 e. The molecular formula is C14H17NO3S2. The molecule has 0 spiro atoms. The Labute approximate surface area is 123 Å². The van der Waals surface area contributed by atoms with Gasteiger partial charge in [-0.15, -0.1) is 11.3 Å². The fourth-order valence-electron chi connectivity index (χ4n) is 1.79. The van der Waals surface area contributed by atoms with Gasteiger partial charge in [-0.1, -0.05) is 12.1 Å². The Morgan fingerprint density at radius 2 is 2.10 bits per heavy atom. The van der Waals surface area contributed by atoms with Crippen LogP contribution < -0.4 is 9.46 Å². The Bertz CT molecular complexity index is 677. The fourth-order valence-corrected chi connectivity index (χ4v) is 3.82. The molecule has 0 amide bonds. The molecule has 0 fully saturated rings. The van der Waals surface area contributed by atoms with Gasteiger partial charge in [-0.2, -0.15) is 0 Å². The molecule has 1 aromatic carbocycles. The van der Waals surface area contributed by atoms with Gasteiger partial charge in [0.25, 0.3) is 0 Å². The molecular weight excluding hydrogens is 294 g/mol. The van der Waals surface area contributed by atoms with Gasteiger partial charge in [0, 0.05) is 11.4 Å². The van der Waals surface area contributed by atoms with Crippen LogP contribution in [0.4, 0.5) is 0 Å². The van der Waals surface area contributed by atoms with Crippen LogP contribution >= 0.6 is 11.3 Å². The zero-order valence-electron chi connectivity index (χ0n) is 11.4. The van der Waals surface area contributed by atoms with Crippen LogP contribution in [0.2, 0.25) is 0 Å². The van der Waals surface area contributed by atoms with Crippen LogP contribution in [-0.2, 0) is 22.3 Å². The lowest BCUT2D eigenvalue weighted by Gasteiger charge is -2.07. The van der Waals surface area contributed by atoms with Gasteiger partial charge in [0.05, 0.1) is 12.9 Å². The van der Waals surface area contributed by atoms with Gasteiger partial charge < -0.3 is 4.74 Å². The second kappa shape index (κ2) is 6.39. The van der Waals surface area contributed by atoms with Gasteiger partial charge >= 0.3 is 0 Å². The van der Waals surface area contributed by atoms with Gasteiger partial charge in [-0.25, -0.2) is 13.1 Å². The minimum atomic E-state index is -3.35. The maximum atomic E-state index is 12.1. The lowest BCUT2D eigenvalue weighted by atomic mass is 10.2. The number of sulfonamides is 1. The van der Waals surface area contributed by atoms with Crippen LogP contribution in [0.3, 0.4) is 0 Å². The van der Waals surface area contributed by atoms with Crippen molar-refractivity contribution in [2.24, 2.45) is 0 Å². The van der Waals surface area contributed by atoms with E-state index in [2.05, 4.69) is 4.72 Å². The molecule has 20 heavy (non-hydrogen) atoms. The highest BCUT2D eigenvalue weighted by molar-refractivity contribution is 7.88. The zero-order chi connectivity index (χ0) is 14.6. The summed E-state index contributed by atoms with van der Waals surface area (Å²) in [6.07, 6.45) is 0. The van der Waals surface area contributed by atoms with E-state index in [0.717, 1.165) is 10.4 Å². The van der Waals surface area contributed by atoms with Gasteiger partial charge in [-0.05, 0) is 41.6 Å². The van der Waals surface area contributed by atoms with E-state index in [4.69, 9.17) is 4.74 Å². The molecule has 0 unspecified atom stereocenters. The van der Waals surface area contributed by atoms with Crippen LogP contribution in [0, 0.1) is 6.92 Å². The predicted molar refractivity (Wildman–Crippen MR) is 81.5 cm³/mol. The Morgan fingerprint density at radius 3 is 2.75 bits per heavy atom. The van der Waals surface area contributed by atoms with Crippen molar-refractivity contribution < 1.29 is 13.2 Å². The summed E-state index contributed by atoms with van der Waals surface area (Å²) in [4.78, 5) is 1.04. The number of benzene rings is 1. The first-order valence-corrected chi connectivity index (χ1v) is 8.66. The smallest absolute Gasteiger partial charge is 0.216 e. The van der Waals surface area contributed by atoms with Gasteiger partial charge in [-0.3, -0.25) is 0 Å². The lowest BCUT2D eigenvalue weighted by Crippen LogP contribution is -2.24. The van der Waals surface area contributed by atoms with E-state index in [1.54, 1.807) is 42.7 Å². The molecule has 2 rings (SSSR count). The molecule has 108 valence electrons. The van der Waals surface area contributed by atoms with Crippen LogP contribution in [0.25, 0.3) is 0 Å². The van der Waals surface area contributed by atoms with Crippen molar-refractivity contribution in [2.75, 3.05) is 7.11 Å². The van der Waals surface area contributed by atoms with E-state index < -0.39 is 10.0 Å². The number of thiophene rings is 1. The minimum absolute atomic E-state index is 0.0470. The third kappa shape index (κ3) is 4.06. The summed E-state index contributed by atoms with van der Waals surface area (Å²) >= 11 is 1.56. The maximum absolute atomic E-state index is 12.1. The molecule has 0 aliphatic rings. The van der Waals surface area contributed by atoms with Crippen molar-refractivity contribution in [2.45, 2.75) is 19.2 Å². The predicted octanol–water partition coefficient (Wildman–Crippen LogP) is 2.68. The first-order valence-electron chi connectivity index (χ1n) is 6.13. The molecule has 0 saturated heterocycles. The molecule has 0 aliphatic heterocycles. The van der Waals surface area contributed by atoms with E-state index >= 15 is 0 Å². The summed E-state index contributed by atoms with van der Waals surface area (Å²) in [6, 6.07) is 9.07. The summed E-state index contributed by atoms with van der Waals surface area (Å²) in [6.45, 7) is 2.32. The van der Waals surface area contributed by atoms with E-state index in [1.165, 1.54) is 0 Å². The van der Waals surface area contributed by atoms with Crippen LogP contribution in [0.1, 0.15) is 16.0 Å². The average molecular weight is 311 g/mol. The van der Waals surface area contributed by atoms with Crippen molar-refractivity contribution in [1.82, 2.24) is 4.72 Å². The summed E-state index contributed by atoms with van der Waals surface area (Å²) in [5, 5.41) is 1.96. The van der Waals surface area contributed by atoms with Crippen molar-refractivity contribution in [3.8, 4) is 5.75 Å². The molecule has 0 radical (unpaired) electrons. The highest BCUT2D eigenvalue weighted by Crippen LogP contribution is 2.17. The molecule has 0 aliphatic carbocycles.